The summed E-state index contributed by atoms with van der Waals surface area (Å²) in [4.78, 5) is 30.8. The molecule has 0 spiro atoms. The molecular weight excluding hydrogens is 316 g/mol. The molecule has 1 heterocycles. The van der Waals surface area contributed by atoms with Crippen LogP contribution in [0.15, 0.2) is 18.5 Å². The lowest BCUT2D eigenvalue weighted by Crippen LogP contribution is -2.34. The molecule has 0 bridgehead atoms. The summed E-state index contributed by atoms with van der Waals surface area (Å²) >= 11 is 0. The highest BCUT2D eigenvalue weighted by Crippen LogP contribution is 2.17. The first-order valence-corrected chi connectivity index (χ1v) is 9.25. The van der Waals surface area contributed by atoms with E-state index in [9.17, 15) is 9.59 Å². The van der Waals surface area contributed by atoms with Gasteiger partial charge in [-0.1, -0.05) is 25.7 Å². The number of aromatic nitrogens is 1. The summed E-state index contributed by atoms with van der Waals surface area (Å²) in [6.07, 6.45) is 10.8. The quantitative estimate of drug-likeness (QED) is 0.586. The molecule has 0 saturated heterocycles. The summed E-state index contributed by atoms with van der Waals surface area (Å²) in [5.74, 6) is -0.322. The highest BCUT2D eigenvalue weighted by Gasteiger charge is 2.17. The van der Waals surface area contributed by atoms with Crippen LogP contribution in [0.4, 0.5) is 0 Å². The van der Waals surface area contributed by atoms with Gasteiger partial charge >= 0.3 is 0 Å². The fourth-order valence-corrected chi connectivity index (χ4v) is 3.08. The maximum atomic E-state index is 12.4. The van der Waals surface area contributed by atoms with Gasteiger partial charge in [-0.25, -0.2) is 0 Å². The van der Waals surface area contributed by atoms with Gasteiger partial charge in [0.2, 0.25) is 0 Å². The van der Waals surface area contributed by atoms with Crippen LogP contribution in [-0.4, -0.2) is 54.9 Å². The highest BCUT2D eigenvalue weighted by molar-refractivity contribution is 5.99. The zero-order chi connectivity index (χ0) is 18.1. The molecule has 1 aromatic rings. The van der Waals surface area contributed by atoms with Gasteiger partial charge in [-0.2, -0.15) is 0 Å². The number of carbonyl (C=O) groups excluding carboxylic acids is 2. The van der Waals surface area contributed by atoms with E-state index in [-0.39, 0.29) is 17.9 Å². The van der Waals surface area contributed by atoms with E-state index in [2.05, 4.69) is 20.5 Å². The molecule has 0 radical (unpaired) electrons. The van der Waals surface area contributed by atoms with Gasteiger partial charge < -0.3 is 15.5 Å². The van der Waals surface area contributed by atoms with E-state index in [0.717, 1.165) is 25.8 Å². The number of carbonyl (C=O) groups is 2. The lowest BCUT2D eigenvalue weighted by atomic mass is 10.1. The van der Waals surface area contributed by atoms with Crippen LogP contribution >= 0.6 is 0 Å². The lowest BCUT2D eigenvalue weighted by molar-refractivity contribution is 0.0933. The van der Waals surface area contributed by atoms with Gasteiger partial charge in [0, 0.05) is 25.0 Å². The zero-order valence-electron chi connectivity index (χ0n) is 15.4. The molecule has 25 heavy (non-hydrogen) atoms. The summed E-state index contributed by atoms with van der Waals surface area (Å²) in [7, 11) is 4.00. The van der Waals surface area contributed by atoms with Gasteiger partial charge in [0.05, 0.1) is 11.1 Å². The molecule has 2 amide bonds. The summed E-state index contributed by atoms with van der Waals surface area (Å²) < 4.78 is 0. The molecule has 1 aliphatic carbocycles. The lowest BCUT2D eigenvalue weighted by Gasteiger charge is -2.16. The van der Waals surface area contributed by atoms with Gasteiger partial charge in [-0.15, -0.1) is 0 Å². The van der Waals surface area contributed by atoms with Crippen molar-refractivity contribution in [3.8, 4) is 0 Å². The van der Waals surface area contributed by atoms with Crippen molar-refractivity contribution in [1.29, 1.82) is 0 Å². The largest absolute Gasteiger partial charge is 0.352 e. The maximum Gasteiger partial charge on any atom is 0.253 e. The Hall–Kier alpha value is -1.95. The van der Waals surface area contributed by atoms with Gasteiger partial charge in [0.1, 0.15) is 0 Å². The number of nitrogens with zero attached hydrogens (tertiary/aromatic N) is 2. The predicted octanol–water partition coefficient (Wildman–Crippen LogP) is 2.22. The first-order chi connectivity index (χ1) is 12.1. The van der Waals surface area contributed by atoms with Crippen LogP contribution in [0.25, 0.3) is 0 Å². The molecule has 2 N–H and O–H groups in total. The number of nitrogens with one attached hydrogen (secondary N) is 2. The van der Waals surface area contributed by atoms with Crippen LogP contribution in [0.3, 0.4) is 0 Å². The number of hydrogen-bond acceptors (Lipinski definition) is 4. The Kier molecular flexibility index (Phi) is 7.85. The highest BCUT2D eigenvalue weighted by atomic mass is 16.2. The maximum absolute atomic E-state index is 12.4. The minimum Gasteiger partial charge on any atom is -0.352 e. The van der Waals surface area contributed by atoms with Gasteiger partial charge in [-0.05, 0) is 46.0 Å². The number of hydrogen-bond donors (Lipinski definition) is 2. The van der Waals surface area contributed by atoms with Gasteiger partial charge in [0.25, 0.3) is 11.8 Å². The Morgan fingerprint density at radius 2 is 1.72 bits per heavy atom. The van der Waals surface area contributed by atoms with Crippen molar-refractivity contribution < 1.29 is 9.59 Å². The molecule has 1 aromatic heterocycles. The Labute approximate surface area is 150 Å². The van der Waals surface area contributed by atoms with Crippen LogP contribution in [0.2, 0.25) is 0 Å². The normalized spacial score (nSPS) is 15.6. The monoisotopic (exact) mass is 346 g/mol. The van der Waals surface area contributed by atoms with Crippen molar-refractivity contribution in [3.05, 3.63) is 29.6 Å². The van der Waals surface area contributed by atoms with Gasteiger partial charge in [0.15, 0.2) is 0 Å². The summed E-state index contributed by atoms with van der Waals surface area (Å²) in [6.45, 7) is 1.53. The second kappa shape index (κ2) is 10.1. The van der Waals surface area contributed by atoms with Gasteiger partial charge in [-0.3, -0.25) is 14.6 Å². The summed E-state index contributed by atoms with van der Waals surface area (Å²) in [5, 5.41) is 5.96. The van der Waals surface area contributed by atoms with Crippen molar-refractivity contribution >= 4 is 11.8 Å². The Balaban J connectivity index is 1.88. The second-order valence-corrected chi connectivity index (χ2v) is 7.04. The van der Waals surface area contributed by atoms with Crippen LogP contribution in [0, 0.1) is 0 Å². The SMILES string of the molecule is CN(C)CCCNC(=O)c1cncc(C(=O)NC2CCCCCC2)c1. The average molecular weight is 346 g/mol. The molecular formula is C19H30N4O2. The Morgan fingerprint density at radius 3 is 2.36 bits per heavy atom. The van der Waals surface area contributed by atoms with E-state index in [4.69, 9.17) is 0 Å². The topological polar surface area (TPSA) is 74.3 Å². The minimum absolute atomic E-state index is 0.137. The number of amides is 2. The minimum atomic E-state index is -0.185. The molecule has 2 rings (SSSR count). The third-order valence-corrected chi connectivity index (χ3v) is 4.52. The molecule has 0 aliphatic heterocycles. The van der Waals surface area contributed by atoms with E-state index < -0.39 is 0 Å². The second-order valence-electron chi connectivity index (χ2n) is 7.04. The predicted molar refractivity (Wildman–Crippen MR) is 98.7 cm³/mol. The summed E-state index contributed by atoms with van der Waals surface area (Å²) in [5.41, 5.74) is 0.878. The zero-order valence-corrected chi connectivity index (χ0v) is 15.4. The molecule has 0 unspecified atom stereocenters. The Morgan fingerprint density at radius 1 is 1.08 bits per heavy atom. The molecule has 138 valence electrons. The molecule has 1 saturated carbocycles. The number of pyridine rings is 1. The summed E-state index contributed by atoms with van der Waals surface area (Å²) in [6, 6.07) is 1.86. The first-order valence-electron chi connectivity index (χ1n) is 9.25. The van der Waals surface area contributed by atoms with Crippen molar-refractivity contribution in [1.82, 2.24) is 20.5 Å². The van der Waals surface area contributed by atoms with Crippen molar-refractivity contribution in [2.24, 2.45) is 0 Å². The average Bonchev–Trinajstić information content (AvgIpc) is 2.87. The van der Waals surface area contributed by atoms with Crippen LogP contribution in [0.5, 0.6) is 0 Å². The van der Waals surface area contributed by atoms with E-state index in [0.29, 0.717) is 17.7 Å². The van der Waals surface area contributed by atoms with Crippen molar-refractivity contribution in [2.75, 3.05) is 27.2 Å². The third-order valence-electron chi connectivity index (χ3n) is 4.52. The van der Waals surface area contributed by atoms with Crippen molar-refractivity contribution in [3.63, 3.8) is 0 Å². The fourth-order valence-electron chi connectivity index (χ4n) is 3.08. The van der Waals surface area contributed by atoms with E-state index in [1.807, 2.05) is 14.1 Å². The standard InChI is InChI=1S/C19H30N4O2/c1-23(2)11-7-10-21-18(24)15-12-16(14-20-13-15)19(25)22-17-8-5-3-4-6-9-17/h12-14,17H,3-11H2,1-2H3,(H,21,24)(H,22,25). The molecule has 0 aromatic carbocycles. The third kappa shape index (κ3) is 6.82. The molecule has 6 nitrogen and oxygen atoms in total. The van der Waals surface area contributed by atoms with E-state index in [1.54, 1.807) is 6.07 Å². The molecule has 1 aliphatic rings. The van der Waals surface area contributed by atoms with E-state index >= 15 is 0 Å². The van der Waals surface area contributed by atoms with E-state index in [1.165, 1.54) is 38.1 Å². The molecule has 1 fully saturated rings. The smallest absolute Gasteiger partial charge is 0.253 e. The molecule has 6 heteroatoms. The van der Waals surface area contributed by atoms with Crippen LogP contribution in [0.1, 0.15) is 65.7 Å². The number of rotatable bonds is 7. The van der Waals surface area contributed by atoms with Crippen LogP contribution < -0.4 is 10.6 Å². The Bertz CT molecular complexity index is 566. The first kappa shape index (κ1) is 19.4. The van der Waals surface area contributed by atoms with Crippen molar-refractivity contribution in [2.45, 2.75) is 51.0 Å². The van der Waals surface area contributed by atoms with Crippen LogP contribution in [-0.2, 0) is 0 Å². The molecule has 0 atom stereocenters. The fraction of sp³-hybridized carbons (Fsp3) is 0.632.